The number of ketones is 1. The van der Waals surface area contributed by atoms with Gasteiger partial charge >= 0.3 is 0 Å². The summed E-state index contributed by atoms with van der Waals surface area (Å²) in [5.41, 5.74) is 0.394. The largest absolute Gasteiger partial charge is 0.375 e. The summed E-state index contributed by atoms with van der Waals surface area (Å²) in [7, 11) is 0. The second-order valence-corrected chi connectivity index (χ2v) is 7.29. The van der Waals surface area contributed by atoms with E-state index in [0.717, 1.165) is 5.56 Å². The molecule has 1 atom stereocenters. The van der Waals surface area contributed by atoms with Gasteiger partial charge in [-0.3, -0.25) is 9.59 Å². The first kappa shape index (κ1) is 19.7. The Morgan fingerprint density at radius 1 is 1.00 bits per heavy atom. The molecule has 30 heavy (non-hydrogen) atoms. The highest BCUT2D eigenvalue weighted by Gasteiger charge is 2.50. The standard InChI is InChI=1S/C25H20FNO3/c26-20-10-6-9-19(15-20)17-27-23-12-5-4-11-22(23)25(30,24(27)29)16-21(28)14-13-18-7-2-1-3-8-18/h1-15,30H,16-17H2. The molecule has 4 rings (SSSR count). The van der Waals surface area contributed by atoms with Crippen LogP contribution >= 0.6 is 0 Å². The average molecular weight is 401 g/mol. The number of rotatable bonds is 6. The van der Waals surface area contributed by atoms with Crippen molar-refractivity contribution in [2.24, 2.45) is 0 Å². The number of halogens is 1. The zero-order valence-electron chi connectivity index (χ0n) is 16.2. The number of amides is 1. The lowest BCUT2D eigenvalue weighted by Gasteiger charge is -2.22. The third-order valence-corrected chi connectivity index (χ3v) is 5.16. The first-order valence-corrected chi connectivity index (χ1v) is 9.62. The Morgan fingerprint density at radius 3 is 2.50 bits per heavy atom. The normalized spacial score (nSPS) is 18.1. The lowest BCUT2D eigenvalue weighted by Crippen LogP contribution is -2.41. The minimum absolute atomic E-state index is 0.101. The highest BCUT2D eigenvalue weighted by atomic mass is 19.1. The van der Waals surface area contributed by atoms with Crippen LogP contribution in [0.3, 0.4) is 0 Å². The fourth-order valence-electron chi connectivity index (χ4n) is 3.72. The van der Waals surface area contributed by atoms with Crippen LogP contribution in [0.2, 0.25) is 0 Å². The summed E-state index contributed by atoms with van der Waals surface area (Å²) < 4.78 is 13.6. The van der Waals surface area contributed by atoms with Crippen LogP contribution in [0.5, 0.6) is 0 Å². The summed E-state index contributed by atoms with van der Waals surface area (Å²) in [4.78, 5) is 27.2. The maximum Gasteiger partial charge on any atom is 0.264 e. The maximum absolute atomic E-state index is 13.6. The van der Waals surface area contributed by atoms with Crippen LogP contribution in [0.4, 0.5) is 10.1 Å². The van der Waals surface area contributed by atoms with Crippen LogP contribution in [0, 0.1) is 5.82 Å². The molecule has 0 radical (unpaired) electrons. The van der Waals surface area contributed by atoms with Gasteiger partial charge in [-0.25, -0.2) is 4.39 Å². The van der Waals surface area contributed by atoms with Gasteiger partial charge in [0.2, 0.25) is 0 Å². The molecule has 1 amide bonds. The van der Waals surface area contributed by atoms with Crippen molar-refractivity contribution in [3.63, 3.8) is 0 Å². The van der Waals surface area contributed by atoms with Crippen molar-refractivity contribution >= 4 is 23.5 Å². The van der Waals surface area contributed by atoms with Crippen molar-refractivity contribution < 1.29 is 19.1 Å². The molecule has 1 aliphatic heterocycles. The molecule has 0 saturated heterocycles. The number of nitrogens with zero attached hydrogens (tertiary/aromatic N) is 1. The van der Waals surface area contributed by atoms with Gasteiger partial charge in [-0.2, -0.15) is 0 Å². The van der Waals surface area contributed by atoms with Crippen LogP contribution in [0.15, 0.2) is 84.9 Å². The van der Waals surface area contributed by atoms with Gasteiger partial charge in [0, 0.05) is 5.56 Å². The molecule has 1 heterocycles. The molecule has 5 heteroatoms. The smallest absolute Gasteiger partial charge is 0.264 e. The van der Waals surface area contributed by atoms with E-state index in [1.54, 1.807) is 42.5 Å². The summed E-state index contributed by atoms with van der Waals surface area (Å²) >= 11 is 0. The van der Waals surface area contributed by atoms with Gasteiger partial charge in [-0.05, 0) is 35.4 Å². The Bertz CT molecular complexity index is 1130. The van der Waals surface area contributed by atoms with Crippen LogP contribution < -0.4 is 4.90 Å². The van der Waals surface area contributed by atoms with E-state index in [4.69, 9.17) is 0 Å². The number of benzene rings is 3. The van der Waals surface area contributed by atoms with Gasteiger partial charge in [0.25, 0.3) is 5.91 Å². The summed E-state index contributed by atoms with van der Waals surface area (Å²) in [5, 5.41) is 11.3. The third-order valence-electron chi connectivity index (χ3n) is 5.16. The number of allylic oxidation sites excluding steroid dienone is 1. The minimum Gasteiger partial charge on any atom is -0.375 e. The lowest BCUT2D eigenvalue weighted by atomic mass is 9.89. The fourth-order valence-corrected chi connectivity index (χ4v) is 3.72. The quantitative estimate of drug-likeness (QED) is 0.629. The predicted molar refractivity (Wildman–Crippen MR) is 113 cm³/mol. The average Bonchev–Trinajstić information content (AvgIpc) is 2.95. The molecule has 0 aromatic heterocycles. The van der Waals surface area contributed by atoms with Gasteiger partial charge in [0.05, 0.1) is 18.7 Å². The molecular formula is C25H20FNO3. The first-order valence-electron chi connectivity index (χ1n) is 9.62. The van der Waals surface area contributed by atoms with Crippen LogP contribution in [-0.4, -0.2) is 16.8 Å². The molecule has 3 aromatic carbocycles. The molecule has 0 fully saturated rings. The molecule has 0 spiro atoms. The molecular weight excluding hydrogens is 381 g/mol. The second-order valence-electron chi connectivity index (χ2n) is 7.29. The van der Waals surface area contributed by atoms with Gasteiger partial charge in [0.15, 0.2) is 11.4 Å². The van der Waals surface area contributed by atoms with Crippen molar-refractivity contribution in [2.75, 3.05) is 4.90 Å². The molecule has 1 N–H and O–H groups in total. The molecule has 0 aliphatic carbocycles. The Morgan fingerprint density at radius 2 is 1.73 bits per heavy atom. The number of anilines is 1. The van der Waals surface area contributed by atoms with Crippen LogP contribution in [-0.2, 0) is 21.7 Å². The Hall–Kier alpha value is -3.57. The van der Waals surface area contributed by atoms with E-state index >= 15 is 0 Å². The maximum atomic E-state index is 13.6. The second kappa shape index (κ2) is 8.05. The van der Waals surface area contributed by atoms with Gasteiger partial charge in [-0.15, -0.1) is 0 Å². The summed E-state index contributed by atoms with van der Waals surface area (Å²) in [6, 6.07) is 22.1. The van der Waals surface area contributed by atoms with Crippen molar-refractivity contribution in [2.45, 2.75) is 18.6 Å². The summed E-state index contributed by atoms with van der Waals surface area (Å²) in [6.45, 7) is 0.101. The number of carbonyl (C=O) groups is 2. The summed E-state index contributed by atoms with van der Waals surface area (Å²) in [6.07, 6.45) is 2.66. The van der Waals surface area contributed by atoms with E-state index in [1.807, 2.05) is 30.3 Å². The van der Waals surface area contributed by atoms with Gasteiger partial charge < -0.3 is 10.0 Å². The Kier molecular flexibility index (Phi) is 5.29. The highest BCUT2D eigenvalue weighted by molar-refractivity contribution is 6.10. The molecule has 1 unspecified atom stereocenters. The summed E-state index contributed by atoms with van der Waals surface area (Å²) in [5.74, 6) is -1.35. The molecule has 4 nitrogen and oxygen atoms in total. The Labute approximate surface area is 173 Å². The van der Waals surface area contributed by atoms with E-state index in [0.29, 0.717) is 16.8 Å². The number of hydrogen-bond acceptors (Lipinski definition) is 3. The molecule has 3 aromatic rings. The predicted octanol–water partition coefficient (Wildman–Crippen LogP) is 4.23. The van der Waals surface area contributed by atoms with Crippen molar-refractivity contribution in [3.05, 3.63) is 107 Å². The zero-order valence-corrected chi connectivity index (χ0v) is 16.2. The van der Waals surface area contributed by atoms with Crippen molar-refractivity contribution in [3.8, 4) is 0 Å². The van der Waals surface area contributed by atoms with E-state index in [9.17, 15) is 19.1 Å². The van der Waals surface area contributed by atoms with E-state index in [2.05, 4.69) is 0 Å². The number of carbonyl (C=O) groups excluding carboxylic acids is 2. The molecule has 150 valence electrons. The van der Waals surface area contributed by atoms with Crippen LogP contribution in [0.1, 0.15) is 23.1 Å². The third kappa shape index (κ3) is 3.80. The zero-order chi connectivity index (χ0) is 21.1. The SMILES string of the molecule is O=C(C=Cc1ccccc1)CC1(O)C(=O)N(Cc2cccc(F)c2)c2ccccc21. The minimum atomic E-state index is -1.96. The van der Waals surface area contributed by atoms with E-state index in [1.165, 1.54) is 23.1 Å². The topological polar surface area (TPSA) is 57.6 Å². The number of fused-ring (bicyclic) bond motifs is 1. The molecule has 0 bridgehead atoms. The highest BCUT2D eigenvalue weighted by Crippen LogP contribution is 2.43. The fraction of sp³-hybridized carbons (Fsp3) is 0.120. The lowest BCUT2D eigenvalue weighted by molar-refractivity contribution is -0.140. The number of para-hydroxylation sites is 1. The van der Waals surface area contributed by atoms with E-state index in [-0.39, 0.29) is 18.7 Å². The molecule has 0 saturated carbocycles. The number of hydrogen-bond donors (Lipinski definition) is 1. The Balaban J connectivity index is 1.60. The molecule has 1 aliphatic rings. The van der Waals surface area contributed by atoms with Gasteiger partial charge in [-0.1, -0.05) is 66.7 Å². The van der Waals surface area contributed by atoms with Crippen molar-refractivity contribution in [1.29, 1.82) is 0 Å². The van der Waals surface area contributed by atoms with Gasteiger partial charge in [0.1, 0.15) is 5.82 Å². The van der Waals surface area contributed by atoms with Crippen LogP contribution in [0.25, 0.3) is 6.08 Å². The monoisotopic (exact) mass is 401 g/mol. The number of aliphatic hydroxyl groups is 1. The van der Waals surface area contributed by atoms with Crippen molar-refractivity contribution in [1.82, 2.24) is 0 Å². The first-order chi connectivity index (χ1) is 14.5. The van der Waals surface area contributed by atoms with E-state index < -0.39 is 17.3 Å².